The van der Waals surface area contributed by atoms with Crippen molar-refractivity contribution in [3.05, 3.63) is 33.5 Å². The molecule has 1 N–H and O–H groups in total. The number of hydrogen-bond acceptors (Lipinski definition) is 6. The summed E-state index contributed by atoms with van der Waals surface area (Å²) in [5.74, 6) is 0. The third-order valence-corrected chi connectivity index (χ3v) is 7.28. The summed E-state index contributed by atoms with van der Waals surface area (Å²) in [5.41, 5.74) is -0.318. The Bertz CT molecular complexity index is 662. The fourth-order valence-corrected chi connectivity index (χ4v) is 5.61. The van der Waals surface area contributed by atoms with Gasteiger partial charge in [-0.15, -0.1) is 17.9 Å². The van der Waals surface area contributed by atoms with Crippen molar-refractivity contribution in [1.29, 1.82) is 0 Å². The minimum atomic E-state index is -3.35. The number of hydrogen-bond donors (Lipinski definition) is 1. The lowest BCUT2D eigenvalue weighted by atomic mass is 10.2. The molecule has 0 spiro atoms. The predicted octanol–water partition coefficient (Wildman–Crippen LogP) is 2.93. The van der Waals surface area contributed by atoms with Crippen LogP contribution in [0.25, 0.3) is 0 Å². The first-order valence-electron chi connectivity index (χ1n) is 7.80. The van der Waals surface area contributed by atoms with E-state index in [-0.39, 0.29) is 5.60 Å². The summed E-state index contributed by atoms with van der Waals surface area (Å²) < 4.78 is 32.1. The third-order valence-electron chi connectivity index (χ3n) is 3.25. The first-order chi connectivity index (χ1) is 11.6. The molecule has 1 fully saturated rings. The molecular weight excluding hydrogens is 428 g/mol. The van der Waals surface area contributed by atoms with Gasteiger partial charge in [0.2, 0.25) is 10.0 Å². The standard InChI is InChI=1S/C11H15BrN2O2S2.C5H10O2/c1-2-10(9-3-4-11(12)17-9)18(15,16)14-7-5-13-6-8-14;1-5(2,3)7-4-6/h2-4,10,13H,1,5-8H2;4H,1-3H3. The summed E-state index contributed by atoms with van der Waals surface area (Å²) in [4.78, 5) is 10.4. The van der Waals surface area contributed by atoms with Crippen LogP contribution in [-0.4, -0.2) is 51.0 Å². The predicted molar refractivity (Wildman–Crippen MR) is 105 cm³/mol. The van der Waals surface area contributed by atoms with E-state index in [2.05, 4.69) is 32.6 Å². The van der Waals surface area contributed by atoms with Gasteiger partial charge in [0.05, 0.1) is 3.79 Å². The zero-order valence-corrected chi connectivity index (χ0v) is 17.9. The van der Waals surface area contributed by atoms with Crippen LogP contribution in [0, 0.1) is 0 Å². The van der Waals surface area contributed by atoms with Crippen molar-refractivity contribution in [3.8, 4) is 0 Å². The number of halogens is 1. The van der Waals surface area contributed by atoms with Gasteiger partial charge in [-0.05, 0) is 48.8 Å². The number of piperazine rings is 1. The van der Waals surface area contributed by atoms with Crippen LogP contribution < -0.4 is 5.32 Å². The molecule has 9 heteroatoms. The molecule has 1 aliphatic rings. The van der Waals surface area contributed by atoms with Crippen LogP contribution in [0.5, 0.6) is 0 Å². The van der Waals surface area contributed by atoms with Crippen molar-refractivity contribution in [2.24, 2.45) is 0 Å². The summed E-state index contributed by atoms with van der Waals surface area (Å²) in [7, 11) is -3.35. The molecular formula is C16H25BrN2O4S2. The molecule has 1 atom stereocenters. The molecule has 1 saturated heterocycles. The highest BCUT2D eigenvalue weighted by atomic mass is 79.9. The number of sulfonamides is 1. The van der Waals surface area contributed by atoms with E-state index in [0.717, 1.165) is 8.66 Å². The minimum Gasteiger partial charge on any atom is -0.462 e. The van der Waals surface area contributed by atoms with Crippen molar-refractivity contribution >= 4 is 43.8 Å². The lowest BCUT2D eigenvalue weighted by Gasteiger charge is -2.29. The van der Waals surface area contributed by atoms with Crippen molar-refractivity contribution in [2.45, 2.75) is 31.6 Å². The summed E-state index contributed by atoms with van der Waals surface area (Å²) >= 11 is 4.79. The SMILES string of the molecule is C=CC(c1ccc(Br)s1)S(=O)(=O)N1CCNCC1.CC(C)(C)OC=O. The largest absolute Gasteiger partial charge is 0.462 e. The highest BCUT2D eigenvalue weighted by Crippen LogP contribution is 2.34. The van der Waals surface area contributed by atoms with Gasteiger partial charge in [0.15, 0.2) is 0 Å². The quantitative estimate of drug-likeness (QED) is 0.548. The maximum Gasteiger partial charge on any atom is 0.293 e. The number of nitrogens with one attached hydrogen (secondary N) is 1. The highest BCUT2D eigenvalue weighted by Gasteiger charge is 2.32. The van der Waals surface area contributed by atoms with E-state index in [1.807, 2.05) is 32.9 Å². The minimum absolute atomic E-state index is 0.318. The Balaban J connectivity index is 0.000000381. The van der Waals surface area contributed by atoms with Crippen LogP contribution in [0.15, 0.2) is 28.6 Å². The third kappa shape index (κ3) is 7.18. The van der Waals surface area contributed by atoms with Crippen molar-refractivity contribution in [3.63, 3.8) is 0 Å². The van der Waals surface area contributed by atoms with Crippen molar-refractivity contribution in [1.82, 2.24) is 9.62 Å². The van der Waals surface area contributed by atoms with Crippen LogP contribution in [0.3, 0.4) is 0 Å². The second-order valence-electron chi connectivity index (χ2n) is 6.32. The fraction of sp³-hybridized carbons (Fsp3) is 0.562. The van der Waals surface area contributed by atoms with Crippen molar-refractivity contribution in [2.75, 3.05) is 26.2 Å². The lowest BCUT2D eigenvalue weighted by Crippen LogP contribution is -2.47. The van der Waals surface area contributed by atoms with Gasteiger partial charge in [-0.3, -0.25) is 4.79 Å². The van der Waals surface area contributed by atoms with Gasteiger partial charge in [0, 0.05) is 31.1 Å². The molecule has 0 radical (unpaired) electrons. The number of nitrogens with zero attached hydrogens (tertiary/aromatic N) is 1. The fourth-order valence-electron chi connectivity index (χ4n) is 2.07. The molecule has 0 bridgehead atoms. The molecule has 142 valence electrons. The van der Waals surface area contributed by atoms with E-state index in [1.54, 1.807) is 4.31 Å². The maximum atomic E-state index is 12.5. The first kappa shape index (κ1) is 22.3. The van der Waals surface area contributed by atoms with E-state index < -0.39 is 15.3 Å². The van der Waals surface area contributed by atoms with Gasteiger partial charge in [0.1, 0.15) is 10.9 Å². The van der Waals surface area contributed by atoms with Crippen LogP contribution in [0.4, 0.5) is 0 Å². The molecule has 0 aliphatic carbocycles. The Morgan fingerprint density at radius 2 is 1.96 bits per heavy atom. The molecule has 2 heterocycles. The average molecular weight is 453 g/mol. The van der Waals surface area contributed by atoms with Gasteiger partial charge >= 0.3 is 0 Å². The van der Waals surface area contributed by atoms with Crippen LogP contribution >= 0.6 is 27.3 Å². The van der Waals surface area contributed by atoms with Gasteiger partial charge in [-0.1, -0.05) is 6.08 Å². The molecule has 6 nitrogen and oxygen atoms in total. The van der Waals surface area contributed by atoms with Gasteiger partial charge in [0.25, 0.3) is 6.47 Å². The molecule has 1 unspecified atom stereocenters. The Labute approximate surface area is 162 Å². The van der Waals surface area contributed by atoms with Gasteiger partial charge in [-0.2, -0.15) is 4.31 Å². The maximum absolute atomic E-state index is 12.5. The zero-order valence-electron chi connectivity index (χ0n) is 14.7. The highest BCUT2D eigenvalue weighted by molar-refractivity contribution is 9.11. The van der Waals surface area contributed by atoms with Crippen LogP contribution in [-0.2, 0) is 19.6 Å². The molecule has 25 heavy (non-hydrogen) atoms. The summed E-state index contributed by atoms with van der Waals surface area (Å²) in [6.45, 7) is 12.1. The Hall–Kier alpha value is -0.740. The Morgan fingerprint density at radius 1 is 1.36 bits per heavy atom. The summed E-state index contributed by atoms with van der Waals surface area (Å²) in [6.07, 6.45) is 1.51. The number of thiophene rings is 1. The topological polar surface area (TPSA) is 75.7 Å². The Morgan fingerprint density at radius 3 is 2.32 bits per heavy atom. The normalized spacial score (nSPS) is 17.1. The molecule has 0 aromatic carbocycles. The average Bonchev–Trinajstić information content (AvgIpc) is 2.94. The van der Waals surface area contributed by atoms with Gasteiger partial charge < -0.3 is 10.1 Å². The molecule has 0 amide bonds. The summed E-state index contributed by atoms with van der Waals surface area (Å²) in [6, 6.07) is 3.70. The second-order valence-corrected chi connectivity index (χ2v) is 10.9. The molecule has 2 rings (SSSR count). The number of ether oxygens (including phenoxy) is 1. The molecule has 1 aliphatic heterocycles. The number of rotatable bonds is 5. The smallest absolute Gasteiger partial charge is 0.293 e. The van der Waals surface area contributed by atoms with Crippen LogP contribution in [0.2, 0.25) is 0 Å². The van der Waals surface area contributed by atoms with E-state index in [1.165, 1.54) is 17.4 Å². The number of carbonyl (C=O) groups is 1. The summed E-state index contributed by atoms with van der Waals surface area (Å²) in [5, 5.41) is 2.50. The lowest BCUT2D eigenvalue weighted by molar-refractivity contribution is -0.138. The monoisotopic (exact) mass is 452 g/mol. The van der Waals surface area contributed by atoms with E-state index in [0.29, 0.717) is 32.7 Å². The molecule has 0 saturated carbocycles. The zero-order chi connectivity index (χ0) is 19.1. The first-order valence-corrected chi connectivity index (χ1v) is 10.9. The number of carbonyl (C=O) groups excluding carboxylic acids is 1. The molecule has 1 aromatic heterocycles. The van der Waals surface area contributed by atoms with Crippen LogP contribution in [0.1, 0.15) is 30.9 Å². The van der Waals surface area contributed by atoms with E-state index in [4.69, 9.17) is 0 Å². The van der Waals surface area contributed by atoms with E-state index in [9.17, 15) is 13.2 Å². The Kier molecular flexibility index (Phi) is 8.76. The van der Waals surface area contributed by atoms with Gasteiger partial charge in [-0.25, -0.2) is 8.42 Å². The molecule has 1 aromatic rings. The van der Waals surface area contributed by atoms with Crippen molar-refractivity contribution < 1.29 is 17.9 Å². The second kappa shape index (κ2) is 9.82. The van der Waals surface area contributed by atoms with E-state index >= 15 is 0 Å².